The first-order valence-electron chi connectivity index (χ1n) is 9.49. The van der Waals surface area contributed by atoms with Crippen LogP contribution in [0.4, 0.5) is 0 Å². The third-order valence-electron chi connectivity index (χ3n) is 8.17. The van der Waals surface area contributed by atoms with Crippen LogP contribution in [-0.2, 0) is 14.3 Å². The zero-order valence-corrected chi connectivity index (χ0v) is 15.8. The highest BCUT2D eigenvalue weighted by Gasteiger charge is 2.69. The summed E-state index contributed by atoms with van der Waals surface area (Å²) in [7, 11) is 0. The van der Waals surface area contributed by atoms with Crippen LogP contribution < -0.4 is 0 Å². The average molecular weight is 364 g/mol. The Morgan fingerprint density at radius 2 is 1.77 bits per heavy atom. The highest BCUT2D eigenvalue weighted by Crippen LogP contribution is 2.64. The molecule has 4 rings (SSSR count). The van der Waals surface area contributed by atoms with Crippen LogP contribution in [0.15, 0.2) is 11.1 Å². The van der Waals surface area contributed by atoms with Gasteiger partial charge in [0.05, 0.1) is 11.7 Å². The first-order valence-corrected chi connectivity index (χ1v) is 9.49. The van der Waals surface area contributed by atoms with Gasteiger partial charge in [-0.2, -0.15) is 0 Å². The van der Waals surface area contributed by atoms with Crippen LogP contribution in [0, 0.1) is 22.7 Å². The normalized spacial score (nSPS) is 50.0. The molecule has 3 saturated carbocycles. The van der Waals surface area contributed by atoms with Gasteiger partial charge in [0.2, 0.25) is 0 Å². The maximum Gasteiger partial charge on any atom is 0.334 e. The van der Waals surface area contributed by atoms with Crippen LogP contribution in [0.5, 0.6) is 0 Å². The molecule has 3 fully saturated rings. The summed E-state index contributed by atoms with van der Waals surface area (Å²) < 4.78 is 5.43. The number of aliphatic hydroxyl groups excluding tert-OH is 2. The fraction of sp³-hybridized carbons (Fsp3) is 0.800. The summed E-state index contributed by atoms with van der Waals surface area (Å²) in [5, 5.41) is 33.0. The summed E-state index contributed by atoms with van der Waals surface area (Å²) in [6, 6.07) is 0. The molecule has 0 spiro atoms. The van der Waals surface area contributed by atoms with Crippen molar-refractivity contribution in [1.29, 1.82) is 0 Å². The Morgan fingerprint density at radius 3 is 2.42 bits per heavy atom. The van der Waals surface area contributed by atoms with Crippen molar-refractivity contribution < 1.29 is 29.6 Å². The van der Waals surface area contributed by atoms with Gasteiger partial charge in [0, 0.05) is 28.9 Å². The Morgan fingerprint density at radius 1 is 1.12 bits per heavy atom. The standard InChI is InChI=1S/C20H28O6/c1-9-15-10(26-17(9)24)7-12-19(4)11(5-6-20(12,25)16(15)23)18(2,3)13(21)8-14(19)22/h10-13,16,21,23,25H,5-8H2,1-4H3. The number of Topliss-reactive ketones (excluding diaryl/α,β-unsaturated/α-hetero) is 1. The third kappa shape index (κ3) is 1.93. The average Bonchev–Trinajstić information content (AvgIpc) is 2.83. The second-order valence-electron chi connectivity index (χ2n) is 9.49. The molecule has 1 heterocycles. The van der Waals surface area contributed by atoms with E-state index < -0.39 is 46.6 Å². The Labute approximate surface area is 153 Å². The second kappa shape index (κ2) is 5.18. The first-order chi connectivity index (χ1) is 12.0. The minimum absolute atomic E-state index is 0.0505. The van der Waals surface area contributed by atoms with Gasteiger partial charge >= 0.3 is 5.97 Å². The second-order valence-corrected chi connectivity index (χ2v) is 9.49. The summed E-state index contributed by atoms with van der Waals surface area (Å²) in [5.74, 6) is -1.15. The van der Waals surface area contributed by atoms with Crippen LogP contribution in [0.2, 0.25) is 0 Å². The van der Waals surface area contributed by atoms with Gasteiger partial charge in [-0.25, -0.2) is 4.79 Å². The van der Waals surface area contributed by atoms with E-state index in [-0.39, 0.29) is 18.1 Å². The molecular weight excluding hydrogens is 336 g/mol. The van der Waals surface area contributed by atoms with E-state index in [0.717, 1.165) is 0 Å². The minimum Gasteiger partial charge on any atom is -0.454 e. The predicted octanol–water partition coefficient (Wildman–Crippen LogP) is 1.12. The molecule has 0 radical (unpaired) electrons. The molecule has 0 saturated heterocycles. The van der Waals surface area contributed by atoms with Gasteiger partial charge in [-0.1, -0.05) is 20.8 Å². The number of aliphatic hydroxyl groups is 3. The highest BCUT2D eigenvalue weighted by atomic mass is 16.5. The lowest BCUT2D eigenvalue weighted by atomic mass is 9.42. The highest BCUT2D eigenvalue weighted by molar-refractivity contribution is 5.92. The monoisotopic (exact) mass is 364 g/mol. The van der Waals surface area contributed by atoms with E-state index in [4.69, 9.17) is 4.74 Å². The topological polar surface area (TPSA) is 104 Å². The van der Waals surface area contributed by atoms with Crippen molar-refractivity contribution in [2.75, 3.05) is 0 Å². The lowest BCUT2D eigenvalue weighted by molar-refractivity contribution is -0.231. The van der Waals surface area contributed by atoms with Crippen molar-refractivity contribution in [1.82, 2.24) is 0 Å². The minimum atomic E-state index is -1.46. The zero-order chi connectivity index (χ0) is 19.2. The van der Waals surface area contributed by atoms with E-state index in [0.29, 0.717) is 30.4 Å². The van der Waals surface area contributed by atoms with Gasteiger partial charge in [0.25, 0.3) is 0 Å². The number of carbonyl (C=O) groups excluding carboxylic acids is 2. The fourth-order valence-corrected chi connectivity index (χ4v) is 6.49. The molecule has 26 heavy (non-hydrogen) atoms. The van der Waals surface area contributed by atoms with E-state index in [1.807, 2.05) is 20.8 Å². The maximum absolute atomic E-state index is 13.1. The fourth-order valence-electron chi connectivity index (χ4n) is 6.49. The number of ketones is 1. The van der Waals surface area contributed by atoms with E-state index in [9.17, 15) is 24.9 Å². The smallest absolute Gasteiger partial charge is 0.334 e. The Balaban J connectivity index is 1.83. The van der Waals surface area contributed by atoms with Crippen molar-refractivity contribution >= 4 is 11.8 Å². The molecule has 6 nitrogen and oxygen atoms in total. The lowest BCUT2D eigenvalue weighted by Crippen LogP contribution is -2.70. The van der Waals surface area contributed by atoms with E-state index >= 15 is 0 Å². The molecule has 144 valence electrons. The van der Waals surface area contributed by atoms with E-state index in [1.165, 1.54) is 0 Å². The summed E-state index contributed by atoms with van der Waals surface area (Å²) in [6.07, 6.45) is -1.25. The van der Waals surface area contributed by atoms with Gasteiger partial charge in [-0.15, -0.1) is 0 Å². The van der Waals surface area contributed by atoms with Crippen LogP contribution in [0.3, 0.4) is 0 Å². The van der Waals surface area contributed by atoms with Crippen molar-refractivity contribution in [3.8, 4) is 0 Å². The van der Waals surface area contributed by atoms with Crippen LogP contribution in [0.1, 0.15) is 53.4 Å². The first kappa shape index (κ1) is 18.1. The molecule has 7 atom stereocenters. The SMILES string of the molecule is CC1=C2C(CC3C(O)(CCC4C(C)(C)C(O)CC(=O)C43C)C2O)OC1=O. The summed E-state index contributed by atoms with van der Waals surface area (Å²) in [6.45, 7) is 7.43. The third-order valence-corrected chi connectivity index (χ3v) is 8.17. The number of esters is 1. The number of ether oxygens (including phenoxy) is 1. The molecule has 0 aromatic rings. The molecule has 6 heteroatoms. The van der Waals surface area contributed by atoms with Gasteiger partial charge in [0.1, 0.15) is 18.0 Å². The van der Waals surface area contributed by atoms with Crippen LogP contribution in [-0.4, -0.2) is 51.0 Å². The number of carbonyl (C=O) groups is 2. The number of hydrogen-bond acceptors (Lipinski definition) is 6. The van der Waals surface area contributed by atoms with Crippen LogP contribution in [0.25, 0.3) is 0 Å². The molecule has 4 aliphatic rings. The maximum atomic E-state index is 13.1. The molecule has 0 aromatic carbocycles. The van der Waals surface area contributed by atoms with Crippen molar-refractivity contribution in [3.05, 3.63) is 11.1 Å². The number of rotatable bonds is 0. The Hall–Kier alpha value is -1.24. The molecular formula is C20H28O6. The number of fused-ring (bicyclic) bond motifs is 4. The molecule has 1 aliphatic heterocycles. The van der Waals surface area contributed by atoms with E-state index in [1.54, 1.807) is 6.92 Å². The molecule has 0 amide bonds. The molecule has 7 unspecified atom stereocenters. The number of hydrogen-bond donors (Lipinski definition) is 3. The van der Waals surface area contributed by atoms with Crippen molar-refractivity contribution in [2.24, 2.45) is 22.7 Å². The van der Waals surface area contributed by atoms with Gasteiger partial charge < -0.3 is 20.1 Å². The van der Waals surface area contributed by atoms with Crippen LogP contribution >= 0.6 is 0 Å². The van der Waals surface area contributed by atoms with E-state index in [2.05, 4.69) is 0 Å². The molecule has 3 aliphatic carbocycles. The summed E-state index contributed by atoms with van der Waals surface area (Å²) >= 11 is 0. The quantitative estimate of drug-likeness (QED) is 0.557. The Kier molecular flexibility index (Phi) is 3.61. The summed E-state index contributed by atoms with van der Waals surface area (Å²) in [4.78, 5) is 25.1. The Bertz CT molecular complexity index is 724. The zero-order valence-electron chi connectivity index (χ0n) is 15.8. The summed E-state index contributed by atoms with van der Waals surface area (Å²) in [5.41, 5.74) is -1.95. The molecule has 0 bridgehead atoms. The predicted molar refractivity (Wildman–Crippen MR) is 91.9 cm³/mol. The molecule has 3 N–H and O–H groups in total. The van der Waals surface area contributed by atoms with Crippen molar-refractivity contribution in [2.45, 2.75) is 77.3 Å². The lowest BCUT2D eigenvalue weighted by Gasteiger charge is -2.64. The largest absolute Gasteiger partial charge is 0.454 e. The van der Waals surface area contributed by atoms with Gasteiger partial charge in [-0.3, -0.25) is 4.79 Å². The van der Waals surface area contributed by atoms with Gasteiger partial charge in [-0.05, 0) is 37.5 Å². The van der Waals surface area contributed by atoms with Crippen molar-refractivity contribution in [3.63, 3.8) is 0 Å². The molecule has 0 aromatic heterocycles. The van der Waals surface area contributed by atoms with Gasteiger partial charge in [0.15, 0.2) is 0 Å².